The fraction of sp³-hybridized carbons (Fsp3) is 0.425. The molecule has 0 aliphatic heterocycles. The third-order valence-electron chi connectivity index (χ3n) is 8.02. The lowest BCUT2D eigenvalue weighted by atomic mass is 10.00. The topological polar surface area (TPSA) is 181 Å². The molecule has 5 N–H and O–H groups in total. The summed E-state index contributed by atoms with van der Waals surface area (Å²) >= 11 is 0. The average Bonchev–Trinajstić information content (AvgIpc) is 3.11. The van der Waals surface area contributed by atoms with Crippen LogP contribution in [-0.4, -0.2) is 77.9 Å². The SMILES string of the molecule is COC(=O)[C@H](NC(=O)[C@H](Cc1ccc(OCc2ccccc2)cc1)NC(=O)[C@H](Cc1ccccc1)NC(=O)[C@H](NC(=O)OC(C)(C)C)C(C)C)[C@@H](C)O. The highest BCUT2D eigenvalue weighted by Crippen LogP contribution is 2.17. The summed E-state index contributed by atoms with van der Waals surface area (Å²) in [6.45, 7) is 10.3. The molecule has 13 nitrogen and oxygen atoms in total. The van der Waals surface area contributed by atoms with Crippen molar-refractivity contribution in [3.8, 4) is 5.75 Å². The van der Waals surface area contributed by atoms with Crippen LogP contribution in [0.3, 0.4) is 0 Å². The Morgan fingerprint density at radius 2 is 1.13 bits per heavy atom. The Hall–Kier alpha value is -5.43. The normalized spacial score (nSPS) is 14.1. The van der Waals surface area contributed by atoms with E-state index < -0.39 is 65.7 Å². The van der Waals surface area contributed by atoms with Gasteiger partial charge >= 0.3 is 12.1 Å². The van der Waals surface area contributed by atoms with E-state index in [0.717, 1.165) is 18.2 Å². The Labute approximate surface area is 311 Å². The van der Waals surface area contributed by atoms with Crippen molar-refractivity contribution in [2.75, 3.05) is 7.11 Å². The number of carbonyl (C=O) groups is 5. The van der Waals surface area contributed by atoms with E-state index in [9.17, 15) is 29.1 Å². The van der Waals surface area contributed by atoms with Crippen LogP contribution in [0.2, 0.25) is 0 Å². The highest BCUT2D eigenvalue weighted by Gasteiger charge is 2.34. The summed E-state index contributed by atoms with van der Waals surface area (Å²) < 4.78 is 16.0. The Bertz CT molecular complexity index is 1640. The summed E-state index contributed by atoms with van der Waals surface area (Å²) in [4.78, 5) is 66.6. The van der Waals surface area contributed by atoms with E-state index in [2.05, 4.69) is 21.3 Å². The minimum Gasteiger partial charge on any atom is -0.489 e. The van der Waals surface area contributed by atoms with Crippen molar-refractivity contribution in [3.05, 3.63) is 102 Å². The molecule has 0 heterocycles. The Morgan fingerprint density at radius 1 is 0.642 bits per heavy atom. The van der Waals surface area contributed by atoms with Gasteiger partial charge in [-0.25, -0.2) is 9.59 Å². The lowest BCUT2D eigenvalue weighted by Gasteiger charge is -2.28. The molecule has 3 rings (SSSR count). The molecule has 0 aromatic heterocycles. The molecule has 4 amide bonds. The number of hydrogen-bond acceptors (Lipinski definition) is 9. The van der Waals surface area contributed by atoms with Gasteiger partial charge in [0.2, 0.25) is 17.7 Å². The first kappa shape index (κ1) is 42.0. The van der Waals surface area contributed by atoms with Gasteiger partial charge in [0.25, 0.3) is 0 Å². The van der Waals surface area contributed by atoms with Gasteiger partial charge in [0.1, 0.15) is 36.1 Å². The van der Waals surface area contributed by atoms with E-state index >= 15 is 0 Å². The second-order valence-corrected chi connectivity index (χ2v) is 14.1. The van der Waals surface area contributed by atoms with Gasteiger partial charge in [-0.05, 0) is 62.4 Å². The Balaban J connectivity index is 1.88. The van der Waals surface area contributed by atoms with Gasteiger partial charge in [-0.3, -0.25) is 14.4 Å². The molecule has 0 bridgehead atoms. The van der Waals surface area contributed by atoms with Crippen LogP contribution in [-0.2, 0) is 48.1 Å². The number of aliphatic hydroxyl groups is 1. The molecule has 0 saturated carbocycles. The number of ether oxygens (including phenoxy) is 3. The molecule has 0 spiro atoms. The molecular weight excluding hydrogens is 680 g/mol. The Morgan fingerprint density at radius 3 is 1.62 bits per heavy atom. The highest BCUT2D eigenvalue weighted by molar-refractivity contribution is 5.95. The maximum atomic E-state index is 14.1. The van der Waals surface area contributed by atoms with E-state index in [-0.39, 0.29) is 18.8 Å². The number of rotatable bonds is 17. The third kappa shape index (κ3) is 14.3. The van der Waals surface area contributed by atoms with Crippen molar-refractivity contribution in [1.29, 1.82) is 0 Å². The van der Waals surface area contributed by atoms with E-state index in [1.54, 1.807) is 83.1 Å². The van der Waals surface area contributed by atoms with E-state index in [1.165, 1.54) is 6.92 Å². The maximum Gasteiger partial charge on any atom is 0.408 e. The van der Waals surface area contributed by atoms with Crippen molar-refractivity contribution in [2.24, 2.45) is 5.92 Å². The standard InChI is InChI=1S/C40H52N4O9/c1-25(2)33(44-39(50)53-40(4,5)6)37(48)42-31(22-27-14-10-8-11-15-27)35(46)41-32(36(47)43-34(26(3)45)38(49)51-7)23-28-18-20-30(21-19-28)52-24-29-16-12-9-13-17-29/h8-21,25-26,31-34,45H,22-24H2,1-7H3,(H,41,46)(H,42,48)(H,43,47)(H,44,50)/t26-,31+,32+,33-,34-/m1/s1. The maximum absolute atomic E-state index is 14.1. The number of carbonyl (C=O) groups excluding carboxylic acids is 5. The van der Waals surface area contributed by atoms with E-state index in [1.807, 2.05) is 36.4 Å². The lowest BCUT2D eigenvalue weighted by Crippen LogP contribution is -2.60. The number of alkyl carbamates (subject to hydrolysis) is 1. The van der Waals surface area contributed by atoms with Crippen LogP contribution >= 0.6 is 0 Å². The van der Waals surface area contributed by atoms with Crippen molar-refractivity contribution in [2.45, 2.75) is 96.9 Å². The molecule has 5 atom stereocenters. The monoisotopic (exact) mass is 732 g/mol. The van der Waals surface area contributed by atoms with Crippen molar-refractivity contribution in [1.82, 2.24) is 21.3 Å². The fourth-order valence-electron chi connectivity index (χ4n) is 5.23. The molecule has 0 radical (unpaired) electrons. The highest BCUT2D eigenvalue weighted by atomic mass is 16.6. The summed E-state index contributed by atoms with van der Waals surface area (Å²) in [7, 11) is 1.13. The number of nitrogens with one attached hydrogen (secondary N) is 4. The summed E-state index contributed by atoms with van der Waals surface area (Å²) in [5.41, 5.74) is 1.56. The second-order valence-electron chi connectivity index (χ2n) is 14.1. The van der Waals surface area contributed by atoms with Crippen molar-refractivity contribution >= 4 is 29.8 Å². The lowest BCUT2D eigenvalue weighted by molar-refractivity contribution is -0.148. The number of methoxy groups -OCH3 is 1. The quantitative estimate of drug-likeness (QED) is 0.130. The zero-order chi connectivity index (χ0) is 39.1. The van der Waals surface area contributed by atoms with E-state index in [0.29, 0.717) is 17.9 Å². The van der Waals surface area contributed by atoms with Gasteiger partial charge in [0.15, 0.2) is 6.04 Å². The van der Waals surface area contributed by atoms with Crippen molar-refractivity contribution in [3.63, 3.8) is 0 Å². The first-order chi connectivity index (χ1) is 25.1. The molecule has 0 fully saturated rings. The minimum atomic E-state index is -1.41. The zero-order valence-corrected chi connectivity index (χ0v) is 31.4. The minimum absolute atomic E-state index is 0.0228. The molecule has 0 aliphatic carbocycles. The molecule has 0 aliphatic rings. The molecule has 3 aromatic carbocycles. The van der Waals surface area contributed by atoms with E-state index in [4.69, 9.17) is 14.2 Å². The van der Waals surface area contributed by atoms with Crippen LogP contribution in [0.1, 0.15) is 58.2 Å². The number of esters is 1. The summed E-state index contributed by atoms with van der Waals surface area (Å²) in [6.07, 6.45) is -2.07. The second kappa shape index (κ2) is 20.0. The Kier molecular flexibility index (Phi) is 15.8. The molecule has 0 unspecified atom stereocenters. The third-order valence-corrected chi connectivity index (χ3v) is 8.02. The molecular formula is C40H52N4O9. The van der Waals surface area contributed by atoms with Crippen LogP contribution < -0.4 is 26.0 Å². The largest absolute Gasteiger partial charge is 0.489 e. The molecule has 0 saturated heterocycles. The van der Waals surface area contributed by atoms with Crippen molar-refractivity contribution < 1.29 is 43.3 Å². The fourth-order valence-corrected chi connectivity index (χ4v) is 5.23. The summed E-state index contributed by atoms with van der Waals surface area (Å²) in [6, 6.07) is 20.7. The first-order valence-corrected chi connectivity index (χ1v) is 17.5. The van der Waals surface area contributed by atoms with Crippen LogP contribution in [0.4, 0.5) is 4.79 Å². The molecule has 286 valence electrons. The van der Waals surface area contributed by atoms with Gasteiger partial charge < -0.3 is 40.6 Å². The van der Waals surface area contributed by atoms with Gasteiger partial charge in [0.05, 0.1) is 13.2 Å². The van der Waals surface area contributed by atoms with Gasteiger partial charge in [0, 0.05) is 12.8 Å². The molecule has 3 aromatic rings. The summed E-state index contributed by atoms with van der Waals surface area (Å²) in [5, 5.41) is 20.9. The van der Waals surface area contributed by atoms with Gasteiger partial charge in [-0.2, -0.15) is 0 Å². The smallest absolute Gasteiger partial charge is 0.408 e. The number of amides is 4. The van der Waals surface area contributed by atoms with Crippen LogP contribution in [0, 0.1) is 5.92 Å². The molecule has 53 heavy (non-hydrogen) atoms. The summed E-state index contributed by atoms with van der Waals surface area (Å²) in [5.74, 6) is -2.75. The van der Waals surface area contributed by atoms with Gasteiger partial charge in [-0.1, -0.05) is 86.6 Å². The predicted octanol–water partition coefficient (Wildman–Crippen LogP) is 3.61. The molecule has 13 heteroatoms. The van der Waals surface area contributed by atoms with Crippen LogP contribution in [0.5, 0.6) is 5.75 Å². The van der Waals surface area contributed by atoms with Gasteiger partial charge in [-0.15, -0.1) is 0 Å². The van der Waals surface area contributed by atoms with Crippen LogP contribution in [0.15, 0.2) is 84.9 Å². The first-order valence-electron chi connectivity index (χ1n) is 17.5. The predicted molar refractivity (Wildman–Crippen MR) is 199 cm³/mol. The number of hydrogen-bond donors (Lipinski definition) is 5. The average molecular weight is 733 g/mol. The van der Waals surface area contributed by atoms with Crippen LogP contribution in [0.25, 0.3) is 0 Å². The number of aliphatic hydroxyl groups excluding tert-OH is 1. The zero-order valence-electron chi connectivity index (χ0n) is 31.4. The number of benzene rings is 3.